The second-order valence-corrected chi connectivity index (χ2v) is 6.21. The van der Waals surface area contributed by atoms with Crippen LogP contribution in [0.15, 0.2) is 41.8 Å². The predicted octanol–water partition coefficient (Wildman–Crippen LogP) is 4.80. The van der Waals surface area contributed by atoms with Gasteiger partial charge < -0.3 is 10.4 Å². The van der Waals surface area contributed by atoms with Gasteiger partial charge in [-0.25, -0.2) is 0 Å². The Hall–Kier alpha value is -1.48. The van der Waals surface area contributed by atoms with Gasteiger partial charge in [0, 0.05) is 16.6 Å². The molecule has 0 amide bonds. The van der Waals surface area contributed by atoms with E-state index in [9.17, 15) is 5.11 Å². The molecule has 1 heterocycles. The molecule has 0 bridgehead atoms. The van der Waals surface area contributed by atoms with Crippen molar-refractivity contribution in [3.05, 3.63) is 46.7 Å². The van der Waals surface area contributed by atoms with Crippen LogP contribution in [0, 0.1) is 5.92 Å². The first-order valence-corrected chi connectivity index (χ1v) is 7.80. The largest absolute Gasteiger partial charge is 0.508 e. The summed E-state index contributed by atoms with van der Waals surface area (Å²) in [5, 5.41) is 15.3. The lowest BCUT2D eigenvalue weighted by molar-refractivity contribution is 0.470. The Morgan fingerprint density at radius 3 is 2.68 bits per heavy atom. The zero-order valence-corrected chi connectivity index (χ0v) is 11.7. The van der Waals surface area contributed by atoms with Crippen LogP contribution >= 0.6 is 11.3 Å². The summed E-state index contributed by atoms with van der Waals surface area (Å²) in [6, 6.07) is 12.1. The third-order valence-corrected chi connectivity index (χ3v) is 4.84. The summed E-state index contributed by atoms with van der Waals surface area (Å²) in [5.74, 6) is 1.03. The fourth-order valence-corrected chi connectivity index (χ4v) is 3.82. The summed E-state index contributed by atoms with van der Waals surface area (Å²) in [5.41, 5.74) is 1.00. The lowest BCUT2D eigenvalue weighted by Crippen LogP contribution is -2.17. The third kappa shape index (κ3) is 2.92. The van der Waals surface area contributed by atoms with E-state index in [4.69, 9.17) is 0 Å². The van der Waals surface area contributed by atoms with Crippen LogP contribution in [0.2, 0.25) is 0 Å². The van der Waals surface area contributed by atoms with Crippen LogP contribution in [0.25, 0.3) is 0 Å². The number of phenols is 1. The first-order valence-electron chi connectivity index (χ1n) is 6.92. The Kier molecular flexibility index (Phi) is 3.74. The first-order chi connectivity index (χ1) is 9.33. The van der Waals surface area contributed by atoms with Gasteiger partial charge >= 0.3 is 0 Å². The minimum absolute atomic E-state index is 0.321. The lowest BCUT2D eigenvalue weighted by Gasteiger charge is -2.25. The van der Waals surface area contributed by atoms with Crippen LogP contribution in [-0.4, -0.2) is 5.11 Å². The van der Waals surface area contributed by atoms with Gasteiger partial charge in [-0.3, -0.25) is 0 Å². The molecule has 2 nitrogen and oxygen atoms in total. The van der Waals surface area contributed by atoms with Crippen molar-refractivity contribution < 1.29 is 5.11 Å². The molecule has 0 aliphatic heterocycles. The quantitative estimate of drug-likeness (QED) is 0.839. The van der Waals surface area contributed by atoms with Crippen LogP contribution < -0.4 is 5.32 Å². The van der Waals surface area contributed by atoms with Crippen molar-refractivity contribution in [3.8, 4) is 5.75 Å². The van der Waals surface area contributed by atoms with Crippen molar-refractivity contribution in [1.29, 1.82) is 0 Å². The monoisotopic (exact) mass is 273 g/mol. The third-order valence-electron chi connectivity index (χ3n) is 3.89. The zero-order valence-electron chi connectivity index (χ0n) is 10.9. The molecule has 1 aromatic carbocycles. The van der Waals surface area contributed by atoms with E-state index in [2.05, 4.69) is 22.8 Å². The maximum atomic E-state index is 9.58. The highest BCUT2D eigenvalue weighted by Crippen LogP contribution is 2.39. The number of rotatable bonds is 4. The maximum Gasteiger partial charge on any atom is 0.117 e. The summed E-state index contributed by atoms with van der Waals surface area (Å²) in [6.45, 7) is 0. The standard InChI is InChI=1S/C16H19NOS/c18-14-8-3-7-13(11-14)17-16(12-5-1-2-6-12)15-9-4-10-19-15/h3-4,7-12,16-18H,1-2,5-6H2. The van der Waals surface area contributed by atoms with Crippen molar-refractivity contribution in [2.45, 2.75) is 31.7 Å². The molecule has 1 aromatic heterocycles. The molecule has 1 unspecified atom stereocenters. The highest BCUT2D eigenvalue weighted by atomic mass is 32.1. The number of hydrogen-bond donors (Lipinski definition) is 2. The first kappa shape index (κ1) is 12.5. The summed E-state index contributed by atoms with van der Waals surface area (Å²) >= 11 is 1.82. The molecule has 1 saturated carbocycles. The number of hydrogen-bond acceptors (Lipinski definition) is 3. The van der Waals surface area contributed by atoms with Gasteiger partial charge in [-0.1, -0.05) is 25.0 Å². The molecular formula is C16H19NOS. The van der Waals surface area contributed by atoms with Gasteiger partial charge in [-0.05, 0) is 42.3 Å². The number of thiophene rings is 1. The van der Waals surface area contributed by atoms with Crippen LogP contribution in [0.3, 0.4) is 0 Å². The average molecular weight is 273 g/mol. The van der Waals surface area contributed by atoms with E-state index >= 15 is 0 Å². The Morgan fingerprint density at radius 1 is 1.16 bits per heavy atom. The molecule has 0 radical (unpaired) electrons. The predicted molar refractivity (Wildman–Crippen MR) is 80.7 cm³/mol. The van der Waals surface area contributed by atoms with Gasteiger partial charge in [0.1, 0.15) is 5.75 Å². The summed E-state index contributed by atoms with van der Waals surface area (Å²) < 4.78 is 0. The van der Waals surface area contributed by atoms with Crippen molar-refractivity contribution in [3.63, 3.8) is 0 Å². The molecule has 0 saturated heterocycles. The maximum absolute atomic E-state index is 9.58. The normalized spacial score (nSPS) is 17.5. The summed E-state index contributed by atoms with van der Waals surface area (Å²) in [7, 11) is 0. The highest BCUT2D eigenvalue weighted by Gasteiger charge is 2.26. The van der Waals surface area contributed by atoms with Crippen LogP contribution in [0.4, 0.5) is 5.69 Å². The molecule has 1 fully saturated rings. The minimum atomic E-state index is 0.321. The molecule has 3 heteroatoms. The topological polar surface area (TPSA) is 32.3 Å². The van der Waals surface area contributed by atoms with E-state index in [1.54, 1.807) is 12.1 Å². The van der Waals surface area contributed by atoms with Crippen LogP contribution in [0.5, 0.6) is 5.75 Å². The second kappa shape index (κ2) is 5.66. The molecule has 2 aromatic rings. The van der Waals surface area contributed by atoms with Crippen molar-refractivity contribution in [1.82, 2.24) is 0 Å². The number of benzene rings is 1. The SMILES string of the molecule is Oc1cccc(NC(c2cccs2)C2CCCC2)c1. The van der Waals surface area contributed by atoms with Crippen molar-refractivity contribution >= 4 is 17.0 Å². The Bertz CT molecular complexity index is 517. The molecular weight excluding hydrogens is 254 g/mol. The van der Waals surface area contributed by atoms with E-state index in [-0.39, 0.29) is 0 Å². The number of nitrogens with one attached hydrogen (secondary N) is 1. The number of aromatic hydroxyl groups is 1. The Labute approximate surface area is 118 Å². The van der Waals surface area contributed by atoms with Gasteiger partial charge in [0.05, 0.1) is 6.04 Å². The highest BCUT2D eigenvalue weighted by molar-refractivity contribution is 7.10. The summed E-state index contributed by atoms with van der Waals surface area (Å²) in [4.78, 5) is 1.40. The van der Waals surface area contributed by atoms with Gasteiger partial charge in [0.15, 0.2) is 0 Å². The average Bonchev–Trinajstić information content (AvgIpc) is 3.10. The van der Waals surface area contributed by atoms with Gasteiger partial charge in [0.25, 0.3) is 0 Å². The van der Waals surface area contributed by atoms with Gasteiger partial charge in [-0.2, -0.15) is 0 Å². The molecule has 2 N–H and O–H groups in total. The van der Waals surface area contributed by atoms with Crippen LogP contribution in [0.1, 0.15) is 36.6 Å². The molecule has 100 valence electrons. The second-order valence-electron chi connectivity index (χ2n) is 5.23. The van der Waals surface area contributed by atoms with E-state index in [0.717, 1.165) is 5.69 Å². The number of anilines is 1. The van der Waals surface area contributed by atoms with Gasteiger partial charge in [-0.15, -0.1) is 11.3 Å². The minimum Gasteiger partial charge on any atom is -0.508 e. The number of phenolic OH excluding ortho intramolecular Hbond substituents is 1. The fraction of sp³-hybridized carbons (Fsp3) is 0.375. The fourth-order valence-electron chi connectivity index (χ4n) is 2.96. The molecule has 1 atom stereocenters. The smallest absolute Gasteiger partial charge is 0.117 e. The van der Waals surface area contributed by atoms with Gasteiger partial charge in [0.2, 0.25) is 0 Å². The molecule has 1 aliphatic carbocycles. The lowest BCUT2D eigenvalue weighted by atomic mass is 9.96. The van der Waals surface area contributed by atoms with E-state index < -0.39 is 0 Å². The molecule has 3 rings (SSSR count). The Balaban J connectivity index is 1.83. The zero-order chi connectivity index (χ0) is 13.1. The molecule has 19 heavy (non-hydrogen) atoms. The summed E-state index contributed by atoms with van der Waals surface area (Å²) in [6.07, 6.45) is 5.28. The molecule has 0 spiro atoms. The Morgan fingerprint density at radius 2 is 2.00 bits per heavy atom. The van der Waals surface area contributed by atoms with Crippen molar-refractivity contribution in [2.75, 3.05) is 5.32 Å². The van der Waals surface area contributed by atoms with E-state index in [0.29, 0.717) is 17.7 Å². The van der Waals surface area contributed by atoms with Crippen molar-refractivity contribution in [2.24, 2.45) is 5.92 Å². The van der Waals surface area contributed by atoms with Crippen LogP contribution in [-0.2, 0) is 0 Å². The van der Waals surface area contributed by atoms with E-state index in [1.165, 1.54) is 30.6 Å². The van der Waals surface area contributed by atoms with E-state index in [1.807, 2.05) is 23.5 Å². The molecule has 1 aliphatic rings.